The second-order valence-corrected chi connectivity index (χ2v) is 5.40. The van der Waals surface area contributed by atoms with Crippen molar-refractivity contribution in [3.63, 3.8) is 0 Å². The molecular weight excluding hydrogens is 210 g/mol. The second-order valence-electron chi connectivity index (χ2n) is 5.40. The molecule has 0 aliphatic heterocycles. The van der Waals surface area contributed by atoms with Gasteiger partial charge in [-0.05, 0) is 43.9 Å². The summed E-state index contributed by atoms with van der Waals surface area (Å²) in [6.45, 7) is 5.76. The number of hydrogen-bond acceptors (Lipinski definition) is 2. The topological polar surface area (TPSA) is 35.2 Å². The Labute approximate surface area is 104 Å². The molecular formula is C15H23NO. The van der Waals surface area contributed by atoms with Crippen LogP contribution in [0.1, 0.15) is 36.8 Å². The smallest absolute Gasteiger partial charge is 0.122 e. The summed E-state index contributed by atoms with van der Waals surface area (Å²) in [7, 11) is 0. The number of benzene rings is 1. The SMILES string of the molecule is Cc1cccc(OCC2(CN)CCCC2)c1C. The van der Waals surface area contributed by atoms with Crippen molar-refractivity contribution in [3.05, 3.63) is 29.3 Å². The van der Waals surface area contributed by atoms with Crippen LogP contribution in [-0.4, -0.2) is 13.2 Å². The molecule has 1 aromatic carbocycles. The zero-order chi connectivity index (χ0) is 12.3. The second kappa shape index (κ2) is 5.09. The van der Waals surface area contributed by atoms with Gasteiger partial charge in [0.1, 0.15) is 5.75 Å². The first kappa shape index (κ1) is 12.4. The molecule has 0 atom stereocenters. The average molecular weight is 233 g/mol. The number of hydrogen-bond donors (Lipinski definition) is 1. The molecule has 0 aromatic heterocycles. The van der Waals surface area contributed by atoms with Gasteiger partial charge in [0.05, 0.1) is 6.61 Å². The summed E-state index contributed by atoms with van der Waals surface area (Å²) in [5.74, 6) is 1.02. The van der Waals surface area contributed by atoms with Gasteiger partial charge < -0.3 is 10.5 Å². The lowest BCUT2D eigenvalue weighted by molar-refractivity contribution is 0.156. The molecule has 0 bridgehead atoms. The standard InChI is InChI=1S/C15H23NO/c1-12-6-5-7-14(13(12)2)17-11-15(10-16)8-3-4-9-15/h5-7H,3-4,8-11,16H2,1-2H3. The molecule has 0 saturated heterocycles. The molecule has 2 N–H and O–H groups in total. The molecule has 94 valence electrons. The van der Waals surface area contributed by atoms with Crippen molar-refractivity contribution in [1.29, 1.82) is 0 Å². The van der Waals surface area contributed by atoms with E-state index in [0.29, 0.717) is 0 Å². The Morgan fingerprint density at radius 1 is 1.24 bits per heavy atom. The van der Waals surface area contributed by atoms with Crippen molar-refractivity contribution in [2.45, 2.75) is 39.5 Å². The van der Waals surface area contributed by atoms with Gasteiger partial charge in [0.25, 0.3) is 0 Å². The number of rotatable bonds is 4. The van der Waals surface area contributed by atoms with Gasteiger partial charge in [-0.3, -0.25) is 0 Å². The van der Waals surface area contributed by atoms with E-state index in [0.717, 1.165) is 18.9 Å². The fourth-order valence-corrected chi connectivity index (χ4v) is 2.64. The molecule has 1 aliphatic carbocycles. The van der Waals surface area contributed by atoms with Crippen LogP contribution in [0.2, 0.25) is 0 Å². The van der Waals surface area contributed by atoms with Crippen molar-refractivity contribution >= 4 is 0 Å². The number of nitrogens with two attached hydrogens (primary N) is 1. The molecule has 2 nitrogen and oxygen atoms in total. The maximum atomic E-state index is 6.02. The molecule has 0 heterocycles. The van der Waals surface area contributed by atoms with Crippen LogP contribution >= 0.6 is 0 Å². The molecule has 2 heteroatoms. The van der Waals surface area contributed by atoms with E-state index in [-0.39, 0.29) is 5.41 Å². The van der Waals surface area contributed by atoms with Gasteiger partial charge in [0, 0.05) is 12.0 Å². The van der Waals surface area contributed by atoms with Crippen LogP contribution in [0.4, 0.5) is 0 Å². The Morgan fingerprint density at radius 2 is 1.94 bits per heavy atom. The van der Waals surface area contributed by atoms with Crippen LogP contribution in [0.3, 0.4) is 0 Å². The van der Waals surface area contributed by atoms with Gasteiger partial charge in [0.2, 0.25) is 0 Å². The Morgan fingerprint density at radius 3 is 2.59 bits per heavy atom. The Balaban J connectivity index is 2.04. The maximum absolute atomic E-state index is 6.02. The van der Waals surface area contributed by atoms with Crippen LogP contribution in [0, 0.1) is 19.3 Å². The number of ether oxygens (including phenoxy) is 1. The van der Waals surface area contributed by atoms with Crippen molar-refractivity contribution < 1.29 is 4.74 Å². The largest absolute Gasteiger partial charge is 0.493 e. The van der Waals surface area contributed by atoms with E-state index >= 15 is 0 Å². The third kappa shape index (κ3) is 2.63. The quantitative estimate of drug-likeness (QED) is 0.866. The van der Waals surface area contributed by atoms with Crippen LogP contribution in [0.15, 0.2) is 18.2 Å². The molecule has 0 amide bonds. The van der Waals surface area contributed by atoms with Gasteiger partial charge in [0.15, 0.2) is 0 Å². The molecule has 0 radical (unpaired) electrons. The molecule has 1 fully saturated rings. The molecule has 2 rings (SSSR count). The van der Waals surface area contributed by atoms with E-state index in [1.54, 1.807) is 0 Å². The van der Waals surface area contributed by atoms with E-state index in [1.165, 1.54) is 36.8 Å². The maximum Gasteiger partial charge on any atom is 0.122 e. The summed E-state index contributed by atoms with van der Waals surface area (Å²) < 4.78 is 6.02. The highest BCUT2D eigenvalue weighted by Crippen LogP contribution is 2.37. The first-order valence-corrected chi connectivity index (χ1v) is 6.56. The molecule has 1 aliphatic rings. The van der Waals surface area contributed by atoms with E-state index in [1.807, 2.05) is 0 Å². The predicted molar refractivity (Wildman–Crippen MR) is 71.4 cm³/mol. The molecule has 1 aromatic rings. The fourth-order valence-electron chi connectivity index (χ4n) is 2.64. The summed E-state index contributed by atoms with van der Waals surface area (Å²) in [6, 6.07) is 6.24. The van der Waals surface area contributed by atoms with E-state index in [4.69, 9.17) is 10.5 Å². The number of aryl methyl sites for hydroxylation is 1. The van der Waals surface area contributed by atoms with Gasteiger partial charge in [-0.2, -0.15) is 0 Å². The van der Waals surface area contributed by atoms with E-state index < -0.39 is 0 Å². The lowest BCUT2D eigenvalue weighted by Gasteiger charge is -2.27. The highest BCUT2D eigenvalue weighted by molar-refractivity contribution is 5.38. The predicted octanol–water partition coefficient (Wildman–Crippen LogP) is 3.20. The Kier molecular flexibility index (Phi) is 3.72. The van der Waals surface area contributed by atoms with Gasteiger partial charge in [-0.15, -0.1) is 0 Å². The third-order valence-corrected chi connectivity index (χ3v) is 4.19. The fraction of sp³-hybridized carbons (Fsp3) is 0.600. The van der Waals surface area contributed by atoms with Crippen molar-refractivity contribution in [3.8, 4) is 5.75 Å². The van der Waals surface area contributed by atoms with Crippen LogP contribution in [-0.2, 0) is 0 Å². The minimum Gasteiger partial charge on any atom is -0.493 e. The highest BCUT2D eigenvalue weighted by atomic mass is 16.5. The summed E-state index contributed by atoms with van der Waals surface area (Å²) in [5, 5.41) is 0. The van der Waals surface area contributed by atoms with Gasteiger partial charge in [-0.1, -0.05) is 25.0 Å². The minimum atomic E-state index is 0.232. The van der Waals surface area contributed by atoms with Crippen LogP contribution in [0.5, 0.6) is 5.75 Å². The summed E-state index contributed by atoms with van der Waals surface area (Å²) >= 11 is 0. The minimum absolute atomic E-state index is 0.232. The zero-order valence-corrected chi connectivity index (χ0v) is 11.0. The molecule has 0 unspecified atom stereocenters. The summed E-state index contributed by atoms with van der Waals surface area (Å²) in [6.07, 6.45) is 5.03. The van der Waals surface area contributed by atoms with Gasteiger partial charge in [-0.25, -0.2) is 0 Å². The first-order chi connectivity index (χ1) is 8.17. The highest BCUT2D eigenvalue weighted by Gasteiger charge is 2.33. The van der Waals surface area contributed by atoms with Gasteiger partial charge >= 0.3 is 0 Å². The summed E-state index contributed by atoms with van der Waals surface area (Å²) in [4.78, 5) is 0. The molecule has 17 heavy (non-hydrogen) atoms. The van der Waals surface area contributed by atoms with Crippen molar-refractivity contribution in [1.82, 2.24) is 0 Å². The first-order valence-electron chi connectivity index (χ1n) is 6.56. The van der Waals surface area contributed by atoms with Crippen LogP contribution in [0.25, 0.3) is 0 Å². The van der Waals surface area contributed by atoms with Crippen molar-refractivity contribution in [2.24, 2.45) is 11.1 Å². The third-order valence-electron chi connectivity index (χ3n) is 4.19. The van der Waals surface area contributed by atoms with E-state index in [9.17, 15) is 0 Å². The van der Waals surface area contributed by atoms with E-state index in [2.05, 4.69) is 32.0 Å². The summed E-state index contributed by atoms with van der Waals surface area (Å²) in [5.41, 5.74) is 8.69. The normalized spacial score (nSPS) is 18.3. The monoisotopic (exact) mass is 233 g/mol. The Bertz CT molecular complexity index is 381. The average Bonchev–Trinajstić information content (AvgIpc) is 2.81. The van der Waals surface area contributed by atoms with Crippen LogP contribution < -0.4 is 10.5 Å². The lowest BCUT2D eigenvalue weighted by atomic mass is 9.87. The zero-order valence-electron chi connectivity index (χ0n) is 11.0. The Hall–Kier alpha value is -1.02. The van der Waals surface area contributed by atoms with Crippen molar-refractivity contribution in [2.75, 3.05) is 13.2 Å². The molecule has 1 saturated carbocycles. The molecule has 0 spiro atoms. The lowest BCUT2D eigenvalue weighted by Crippen LogP contribution is -2.33.